The van der Waals surface area contributed by atoms with E-state index >= 15 is 0 Å². The van der Waals surface area contributed by atoms with Crippen molar-refractivity contribution in [2.75, 3.05) is 11.9 Å². The van der Waals surface area contributed by atoms with Gasteiger partial charge in [0, 0.05) is 15.4 Å². The minimum absolute atomic E-state index is 0.728. The molecule has 1 N–H and O–H groups in total. The Morgan fingerprint density at radius 3 is 2.94 bits per heavy atom. The average molecular weight is 311 g/mol. The fourth-order valence-corrected chi connectivity index (χ4v) is 3.57. The molecule has 1 fully saturated rings. The first-order valence-electron chi connectivity index (χ1n) is 5.96. The molecule has 1 aromatic rings. The van der Waals surface area contributed by atoms with Crippen LogP contribution in [0.25, 0.3) is 0 Å². The van der Waals surface area contributed by atoms with Crippen molar-refractivity contribution in [1.82, 2.24) is 0 Å². The largest absolute Gasteiger partial charge is 0.335 e. The zero-order valence-electron chi connectivity index (χ0n) is 9.74. The fourth-order valence-electron chi connectivity index (χ4n) is 1.97. The molecule has 1 atom stereocenters. The molecule has 3 rings (SSSR count). The Balaban J connectivity index is 1.64. The van der Waals surface area contributed by atoms with E-state index in [1.54, 1.807) is 0 Å². The maximum absolute atomic E-state index is 4.58. The summed E-state index contributed by atoms with van der Waals surface area (Å²) in [6, 6.07) is 6.33. The third kappa shape index (κ3) is 2.68. The van der Waals surface area contributed by atoms with Crippen LogP contribution in [0.1, 0.15) is 18.4 Å². The molecular formula is C13H15BrN2S. The zero-order chi connectivity index (χ0) is 11.8. The Labute approximate surface area is 114 Å². The van der Waals surface area contributed by atoms with Crippen molar-refractivity contribution in [3.8, 4) is 0 Å². The summed E-state index contributed by atoms with van der Waals surface area (Å²) < 4.78 is 1.14. The monoisotopic (exact) mass is 310 g/mol. The molecule has 0 radical (unpaired) electrons. The Morgan fingerprint density at radius 1 is 1.41 bits per heavy atom. The van der Waals surface area contributed by atoms with Gasteiger partial charge >= 0.3 is 0 Å². The number of hydrogen-bond acceptors (Lipinski definition) is 3. The highest BCUT2D eigenvalue weighted by Crippen LogP contribution is 2.42. The molecule has 1 aliphatic carbocycles. The van der Waals surface area contributed by atoms with Crippen LogP contribution < -0.4 is 5.32 Å². The lowest BCUT2D eigenvalue weighted by molar-refractivity contribution is 0.773. The minimum atomic E-state index is 0.728. The molecule has 0 spiro atoms. The van der Waals surface area contributed by atoms with Gasteiger partial charge in [0.2, 0.25) is 0 Å². The number of thioether (sulfide) groups is 1. The molecule has 90 valence electrons. The van der Waals surface area contributed by atoms with Gasteiger partial charge in [0.05, 0.1) is 6.54 Å². The van der Waals surface area contributed by atoms with Crippen LogP contribution in [0.5, 0.6) is 0 Å². The second-order valence-electron chi connectivity index (χ2n) is 4.73. The highest BCUT2D eigenvalue weighted by Gasteiger charge is 2.35. The Kier molecular flexibility index (Phi) is 3.17. The average Bonchev–Trinajstić information content (AvgIpc) is 3.06. The smallest absolute Gasteiger partial charge is 0.161 e. The van der Waals surface area contributed by atoms with Gasteiger partial charge in [-0.3, -0.25) is 4.99 Å². The molecule has 1 heterocycles. The third-order valence-electron chi connectivity index (χ3n) is 3.25. The van der Waals surface area contributed by atoms with Crippen molar-refractivity contribution >= 4 is 38.5 Å². The van der Waals surface area contributed by atoms with Crippen LogP contribution in [0, 0.1) is 12.8 Å². The number of nitrogens with one attached hydrogen (secondary N) is 1. The third-order valence-corrected chi connectivity index (χ3v) is 5.39. The highest BCUT2D eigenvalue weighted by molar-refractivity contribution is 9.10. The van der Waals surface area contributed by atoms with Crippen LogP contribution in [0.2, 0.25) is 0 Å². The molecule has 0 aromatic heterocycles. The minimum Gasteiger partial charge on any atom is -0.335 e. The van der Waals surface area contributed by atoms with E-state index in [1.165, 1.54) is 18.4 Å². The van der Waals surface area contributed by atoms with Crippen LogP contribution in [0.3, 0.4) is 0 Å². The normalized spacial score (nSPS) is 23.6. The van der Waals surface area contributed by atoms with Crippen molar-refractivity contribution in [3.63, 3.8) is 0 Å². The Morgan fingerprint density at radius 2 is 2.24 bits per heavy atom. The standard InChI is InChI=1S/C13H15BrN2S/c1-8-2-5-10(6-11(8)14)16-13-15-7-12(17-13)9-3-4-9/h2,5-6,9,12H,3-4,7H2,1H3,(H,15,16). The lowest BCUT2D eigenvalue weighted by atomic mass is 10.2. The summed E-state index contributed by atoms with van der Waals surface area (Å²) in [5.74, 6) is 0.924. The number of benzene rings is 1. The summed E-state index contributed by atoms with van der Waals surface area (Å²) in [5.41, 5.74) is 2.37. The van der Waals surface area contributed by atoms with Gasteiger partial charge in [-0.2, -0.15) is 0 Å². The van der Waals surface area contributed by atoms with Gasteiger partial charge in [0.1, 0.15) is 0 Å². The van der Waals surface area contributed by atoms with Crippen molar-refractivity contribution in [2.45, 2.75) is 25.0 Å². The van der Waals surface area contributed by atoms with Gasteiger partial charge < -0.3 is 5.32 Å². The molecular weight excluding hydrogens is 296 g/mol. The van der Waals surface area contributed by atoms with Crippen molar-refractivity contribution < 1.29 is 0 Å². The number of halogens is 1. The van der Waals surface area contributed by atoms with Gasteiger partial charge in [-0.05, 0) is 43.4 Å². The highest BCUT2D eigenvalue weighted by atomic mass is 79.9. The zero-order valence-corrected chi connectivity index (χ0v) is 12.1. The van der Waals surface area contributed by atoms with Gasteiger partial charge in [0.25, 0.3) is 0 Å². The molecule has 1 saturated carbocycles. The van der Waals surface area contributed by atoms with Crippen LogP contribution in [-0.2, 0) is 0 Å². The summed E-state index contributed by atoms with van der Waals surface area (Å²) in [5, 5.41) is 5.21. The number of amidine groups is 1. The van der Waals surface area contributed by atoms with E-state index in [2.05, 4.69) is 51.4 Å². The van der Waals surface area contributed by atoms with Gasteiger partial charge in [-0.15, -0.1) is 0 Å². The van der Waals surface area contributed by atoms with E-state index in [4.69, 9.17) is 0 Å². The second kappa shape index (κ2) is 4.65. The quantitative estimate of drug-likeness (QED) is 0.891. The fraction of sp³-hybridized carbons (Fsp3) is 0.462. The van der Waals surface area contributed by atoms with Crippen LogP contribution >= 0.6 is 27.7 Å². The Bertz CT molecular complexity index is 468. The first-order valence-corrected chi connectivity index (χ1v) is 7.64. The summed E-state index contributed by atoms with van der Waals surface area (Å²) in [6.45, 7) is 3.09. The van der Waals surface area contributed by atoms with E-state index < -0.39 is 0 Å². The number of nitrogens with zero attached hydrogens (tertiary/aromatic N) is 1. The van der Waals surface area contributed by atoms with E-state index in [9.17, 15) is 0 Å². The molecule has 0 amide bonds. The lowest BCUT2D eigenvalue weighted by Gasteiger charge is -2.09. The number of aliphatic imine (C=N–C) groups is 1. The van der Waals surface area contributed by atoms with E-state index in [-0.39, 0.29) is 0 Å². The number of aryl methyl sites for hydroxylation is 1. The van der Waals surface area contributed by atoms with E-state index in [1.807, 2.05) is 11.8 Å². The summed E-state index contributed by atoms with van der Waals surface area (Å²) >= 11 is 5.46. The number of rotatable bonds is 2. The molecule has 17 heavy (non-hydrogen) atoms. The molecule has 0 saturated heterocycles. The summed E-state index contributed by atoms with van der Waals surface area (Å²) in [6.07, 6.45) is 2.80. The van der Waals surface area contributed by atoms with Crippen LogP contribution in [0.15, 0.2) is 27.7 Å². The molecule has 1 unspecified atom stereocenters. The van der Waals surface area contributed by atoms with Crippen LogP contribution in [-0.4, -0.2) is 17.0 Å². The topological polar surface area (TPSA) is 24.4 Å². The number of anilines is 1. The molecule has 4 heteroatoms. The number of hydrogen-bond donors (Lipinski definition) is 1. The van der Waals surface area contributed by atoms with Gasteiger partial charge in [0.15, 0.2) is 5.17 Å². The predicted octanol–water partition coefficient (Wildman–Crippen LogP) is 4.05. The van der Waals surface area contributed by atoms with Gasteiger partial charge in [-0.25, -0.2) is 0 Å². The summed E-state index contributed by atoms with van der Waals surface area (Å²) in [7, 11) is 0. The molecule has 2 nitrogen and oxygen atoms in total. The van der Waals surface area contributed by atoms with E-state index in [0.29, 0.717) is 0 Å². The maximum Gasteiger partial charge on any atom is 0.161 e. The van der Waals surface area contributed by atoms with Crippen LogP contribution in [0.4, 0.5) is 5.69 Å². The molecule has 0 bridgehead atoms. The van der Waals surface area contributed by atoms with Crippen molar-refractivity contribution in [1.29, 1.82) is 0 Å². The van der Waals surface area contributed by atoms with Crippen molar-refractivity contribution in [2.24, 2.45) is 10.9 Å². The van der Waals surface area contributed by atoms with Gasteiger partial charge in [-0.1, -0.05) is 33.8 Å². The first kappa shape index (κ1) is 11.6. The SMILES string of the molecule is Cc1ccc(NC2=NCC(C3CC3)S2)cc1Br. The molecule has 1 aromatic carbocycles. The molecule has 2 aliphatic rings. The maximum atomic E-state index is 4.58. The lowest BCUT2D eigenvalue weighted by Crippen LogP contribution is -2.08. The van der Waals surface area contributed by atoms with E-state index in [0.717, 1.165) is 33.0 Å². The summed E-state index contributed by atoms with van der Waals surface area (Å²) in [4.78, 5) is 4.58. The first-order chi connectivity index (χ1) is 8.22. The second-order valence-corrected chi connectivity index (χ2v) is 6.81. The Hall–Kier alpha value is -0.480. The van der Waals surface area contributed by atoms with Crippen molar-refractivity contribution in [3.05, 3.63) is 28.2 Å². The molecule has 1 aliphatic heterocycles. The predicted molar refractivity (Wildman–Crippen MR) is 78.9 cm³/mol.